The topological polar surface area (TPSA) is 86.3 Å². The molecule has 0 radical (unpaired) electrons. The number of ether oxygens (including phenoxy) is 4. The maximum absolute atomic E-state index is 13.3. The summed E-state index contributed by atoms with van der Waals surface area (Å²) < 4.78 is 23.8. The van der Waals surface area contributed by atoms with Gasteiger partial charge in [-0.15, -0.1) is 0 Å². The number of amides is 1. The van der Waals surface area contributed by atoms with Crippen LogP contribution in [0.1, 0.15) is 27.0 Å². The van der Waals surface area contributed by atoms with Crippen LogP contribution in [-0.2, 0) is 10.3 Å². The molecule has 1 amide bonds. The molecule has 38 heavy (non-hydrogen) atoms. The van der Waals surface area contributed by atoms with Gasteiger partial charge in [-0.1, -0.05) is 39.8 Å². The molecule has 4 aliphatic rings. The Morgan fingerprint density at radius 2 is 1.74 bits per heavy atom. The highest BCUT2D eigenvalue weighted by Crippen LogP contribution is 2.57. The lowest BCUT2D eigenvalue weighted by atomic mass is 9.77. The van der Waals surface area contributed by atoms with Crippen molar-refractivity contribution in [1.82, 2.24) is 10.2 Å². The molecule has 8 nitrogen and oxygen atoms in total. The number of esters is 1. The summed E-state index contributed by atoms with van der Waals surface area (Å²) in [7, 11) is 5.20. The third-order valence-electron chi connectivity index (χ3n) is 7.53. The average Bonchev–Trinajstić information content (AvgIpc) is 3.25. The van der Waals surface area contributed by atoms with E-state index >= 15 is 0 Å². The second-order valence-corrected chi connectivity index (χ2v) is 12.0. The summed E-state index contributed by atoms with van der Waals surface area (Å²) in [5.41, 5.74) is 1.43. The van der Waals surface area contributed by atoms with Crippen molar-refractivity contribution in [2.75, 3.05) is 31.7 Å². The van der Waals surface area contributed by atoms with Gasteiger partial charge in [0.25, 0.3) is 0 Å². The van der Waals surface area contributed by atoms with Crippen LogP contribution >= 0.6 is 21.6 Å². The van der Waals surface area contributed by atoms with E-state index in [0.29, 0.717) is 46.2 Å². The Hall–Kier alpha value is -3.34. The Balaban J connectivity index is 1.28. The lowest BCUT2D eigenvalue weighted by Gasteiger charge is -2.43. The molecular formula is C28H24N2O6S2. The molecule has 2 fully saturated rings. The number of methoxy groups -OCH3 is 1. The van der Waals surface area contributed by atoms with E-state index in [-0.39, 0.29) is 18.2 Å². The van der Waals surface area contributed by atoms with Crippen molar-refractivity contribution < 1.29 is 28.5 Å². The Labute approximate surface area is 227 Å². The predicted octanol–water partition coefficient (Wildman–Crippen LogP) is 4.80. The van der Waals surface area contributed by atoms with E-state index in [1.807, 2.05) is 52.1 Å². The third-order valence-corrected chi connectivity index (χ3v) is 9.98. The molecule has 0 bridgehead atoms. The summed E-state index contributed by atoms with van der Waals surface area (Å²) in [5.74, 6) is 3.34. The van der Waals surface area contributed by atoms with Gasteiger partial charge in [-0.05, 0) is 30.3 Å². The first-order valence-corrected chi connectivity index (χ1v) is 14.9. The van der Waals surface area contributed by atoms with Crippen LogP contribution in [0.3, 0.4) is 0 Å². The Morgan fingerprint density at radius 1 is 1.00 bits per heavy atom. The van der Waals surface area contributed by atoms with E-state index < -0.39 is 11.6 Å². The van der Waals surface area contributed by atoms with Crippen molar-refractivity contribution in [1.29, 1.82) is 0 Å². The van der Waals surface area contributed by atoms with Crippen molar-refractivity contribution in [3.63, 3.8) is 0 Å². The van der Waals surface area contributed by atoms with Gasteiger partial charge in [-0.2, -0.15) is 0 Å². The zero-order chi connectivity index (χ0) is 25.9. The third kappa shape index (κ3) is 3.58. The smallest absolute Gasteiger partial charge is 0.415 e. The second kappa shape index (κ2) is 9.14. The van der Waals surface area contributed by atoms with Crippen LogP contribution in [-0.4, -0.2) is 60.8 Å². The fourth-order valence-corrected chi connectivity index (χ4v) is 8.38. The number of piperazine rings is 1. The lowest BCUT2D eigenvalue weighted by molar-refractivity contribution is 0.0224. The SMILES string of the molecule is COc1ccc2c(c1)Oc1cc(OC(=O)N3CCN[C@@H]4CSSC[C@@H]43)ccc1C21OC(=O)c2ccccc21. The molecule has 0 saturated carbocycles. The zero-order valence-corrected chi connectivity index (χ0v) is 22.1. The van der Waals surface area contributed by atoms with Crippen molar-refractivity contribution in [3.8, 4) is 23.0 Å². The number of carbonyl (C=O) groups is 2. The molecule has 2 saturated heterocycles. The van der Waals surface area contributed by atoms with Crippen LogP contribution in [0.25, 0.3) is 0 Å². The first kappa shape index (κ1) is 23.8. The van der Waals surface area contributed by atoms with Crippen molar-refractivity contribution >= 4 is 33.7 Å². The molecule has 1 unspecified atom stereocenters. The van der Waals surface area contributed by atoms with E-state index in [4.69, 9.17) is 18.9 Å². The van der Waals surface area contributed by atoms with Gasteiger partial charge in [0, 0.05) is 59.5 Å². The summed E-state index contributed by atoms with van der Waals surface area (Å²) in [6.45, 7) is 1.33. The highest BCUT2D eigenvalue weighted by atomic mass is 33.1. The second-order valence-electron chi connectivity index (χ2n) is 9.50. The molecule has 0 aliphatic carbocycles. The van der Waals surface area contributed by atoms with Gasteiger partial charge in [-0.3, -0.25) is 0 Å². The Bertz CT molecular complexity index is 1460. The number of fused-ring (bicyclic) bond motifs is 7. The highest BCUT2D eigenvalue weighted by Gasteiger charge is 2.53. The van der Waals surface area contributed by atoms with E-state index in [1.54, 1.807) is 42.2 Å². The first-order valence-electron chi connectivity index (χ1n) is 12.4. The summed E-state index contributed by atoms with van der Waals surface area (Å²) in [6.07, 6.45) is -0.376. The van der Waals surface area contributed by atoms with Crippen LogP contribution in [0.5, 0.6) is 23.0 Å². The van der Waals surface area contributed by atoms with Gasteiger partial charge in [0.05, 0.1) is 18.7 Å². The number of hydrogen-bond acceptors (Lipinski definition) is 9. The number of rotatable bonds is 2. The maximum atomic E-state index is 13.3. The quantitative estimate of drug-likeness (QED) is 0.359. The largest absolute Gasteiger partial charge is 0.497 e. The minimum absolute atomic E-state index is 0.0911. The van der Waals surface area contributed by atoms with Crippen LogP contribution in [0.4, 0.5) is 4.79 Å². The number of carbonyl (C=O) groups excluding carboxylic acids is 2. The number of nitrogens with one attached hydrogen (secondary N) is 1. The van der Waals surface area contributed by atoms with Crippen LogP contribution in [0.2, 0.25) is 0 Å². The average molecular weight is 549 g/mol. The molecule has 7 rings (SSSR count). The van der Waals surface area contributed by atoms with Crippen LogP contribution in [0, 0.1) is 0 Å². The van der Waals surface area contributed by atoms with Crippen LogP contribution < -0.4 is 19.5 Å². The molecule has 3 atom stereocenters. The number of nitrogens with zero attached hydrogens (tertiary/aromatic N) is 1. The molecule has 194 valence electrons. The zero-order valence-electron chi connectivity index (χ0n) is 20.5. The molecule has 1 N–H and O–H groups in total. The summed E-state index contributed by atoms with van der Waals surface area (Å²) in [4.78, 5) is 28.1. The normalized spacial score (nSPS) is 24.9. The summed E-state index contributed by atoms with van der Waals surface area (Å²) >= 11 is 0. The monoisotopic (exact) mass is 548 g/mol. The van der Waals surface area contributed by atoms with Gasteiger partial charge in [-0.25, -0.2) is 9.59 Å². The van der Waals surface area contributed by atoms with E-state index in [2.05, 4.69) is 5.32 Å². The standard InChI is InChI=1S/C28H24N2O6S2/c1-33-16-6-8-20-24(12-16)35-25-13-17(34-27(32)30-11-10-29-22-14-37-38-15-23(22)30)7-9-21(25)28(20)19-5-3-2-4-18(19)26(31)36-28/h2-9,12-13,22-23,29H,10-11,14-15H2,1H3/t22-,23+,28?/m1/s1. The van der Waals surface area contributed by atoms with Gasteiger partial charge in [0.2, 0.25) is 0 Å². The predicted molar refractivity (Wildman–Crippen MR) is 144 cm³/mol. The van der Waals surface area contributed by atoms with Crippen molar-refractivity contribution in [2.24, 2.45) is 0 Å². The Morgan fingerprint density at radius 3 is 2.55 bits per heavy atom. The van der Waals surface area contributed by atoms with Crippen molar-refractivity contribution in [2.45, 2.75) is 17.7 Å². The molecule has 4 aliphatic heterocycles. The van der Waals surface area contributed by atoms with Crippen LogP contribution in [0.15, 0.2) is 60.7 Å². The fourth-order valence-electron chi connectivity index (χ4n) is 5.72. The molecular weight excluding hydrogens is 524 g/mol. The van der Waals surface area contributed by atoms with E-state index in [0.717, 1.165) is 23.6 Å². The minimum Gasteiger partial charge on any atom is -0.497 e. The first-order chi connectivity index (χ1) is 18.6. The van der Waals surface area contributed by atoms with E-state index in [9.17, 15) is 9.59 Å². The molecule has 0 aromatic heterocycles. The fraction of sp³-hybridized carbons (Fsp3) is 0.286. The molecule has 1 spiro atoms. The summed E-state index contributed by atoms with van der Waals surface area (Å²) in [5, 5.41) is 3.51. The summed E-state index contributed by atoms with van der Waals surface area (Å²) in [6, 6.07) is 18.4. The molecule has 3 aromatic rings. The number of benzene rings is 3. The number of hydrogen-bond donors (Lipinski definition) is 1. The molecule has 10 heteroatoms. The molecule has 3 aromatic carbocycles. The van der Waals surface area contributed by atoms with Gasteiger partial charge in [0.1, 0.15) is 23.0 Å². The van der Waals surface area contributed by atoms with Gasteiger partial charge in [0.15, 0.2) is 5.60 Å². The Kier molecular flexibility index (Phi) is 5.72. The highest BCUT2D eigenvalue weighted by molar-refractivity contribution is 8.76. The van der Waals surface area contributed by atoms with Gasteiger partial charge >= 0.3 is 12.1 Å². The molecule has 4 heterocycles. The lowest BCUT2D eigenvalue weighted by Crippen LogP contribution is -2.62. The minimum atomic E-state index is -1.19. The van der Waals surface area contributed by atoms with Gasteiger partial charge < -0.3 is 29.2 Å². The van der Waals surface area contributed by atoms with Crippen molar-refractivity contribution in [3.05, 3.63) is 82.9 Å². The maximum Gasteiger partial charge on any atom is 0.415 e. The van der Waals surface area contributed by atoms with E-state index in [1.165, 1.54) is 0 Å².